The van der Waals surface area contributed by atoms with Gasteiger partial charge in [-0.05, 0) is 6.42 Å². The number of rotatable bonds is 6. The minimum Gasteiger partial charge on any atom is -0.365 e. The highest BCUT2D eigenvalue weighted by Gasteiger charge is 2.09. The predicted molar refractivity (Wildman–Crippen MR) is 55.5 cm³/mol. The Labute approximate surface area is 78.1 Å². The van der Waals surface area contributed by atoms with Gasteiger partial charge in [0.2, 0.25) is 0 Å². The summed E-state index contributed by atoms with van der Waals surface area (Å²) in [5.74, 6) is 0. The first kappa shape index (κ1) is 10.2. The van der Waals surface area contributed by atoms with Crippen LogP contribution >= 0.6 is 0 Å². The maximum atomic E-state index is 5.27. The Morgan fingerprint density at radius 1 is 1.42 bits per heavy atom. The highest BCUT2D eigenvalue weighted by molar-refractivity contribution is 6.35. The van der Waals surface area contributed by atoms with Crippen molar-refractivity contribution in [1.82, 2.24) is 4.90 Å². The third-order valence-electron chi connectivity index (χ3n) is 2.40. The van der Waals surface area contributed by atoms with E-state index in [9.17, 15) is 0 Å². The molecule has 0 unspecified atom stereocenters. The van der Waals surface area contributed by atoms with Gasteiger partial charge in [0.25, 0.3) is 0 Å². The number of nitrogens with zero attached hydrogens (tertiary/aromatic N) is 1. The van der Waals surface area contributed by atoms with Gasteiger partial charge in [-0.3, -0.25) is 4.90 Å². The van der Waals surface area contributed by atoms with Crippen molar-refractivity contribution < 1.29 is 4.74 Å². The van der Waals surface area contributed by atoms with Crippen molar-refractivity contribution in [2.45, 2.75) is 31.9 Å². The van der Waals surface area contributed by atoms with Gasteiger partial charge in [-0.15, -0.1) is 0 Å². The standard InChI is InChI=1S/C9H21NOSi/c1-2-7-12-8-3-4-10-5-6-11-9-10/h2-9,12H2,1H3. The lowest BCUT2D eigenvalue weighted by molar-refractivity contribution is 0.141. The molecule has 0 N–H and O–H groups in total. The molecule has 0 aliphatic carbocycles. The first-order valence-electron chi connectivity index (χ1n) is 5.23. The molecule has 1 heterocycles. The third kappa shape index (κ3) is 4.23. The molecule has 3 heteroatoms. The second-order valence-corrected chi connectivity index (χ2v) is 5.69. The van der Waals surface area contributed by atoms with Crippen molar-refractivity contribution >= 4 is 9.52 Å². The van der Waals surface area contributed by atoms with E-state index in [1.165, 1.54) is 31.5 Å². The van der Waals surface area contributed by atoms with Gasteiger partial charge in [0, 0.05) is 22.6 Å². The van der Waals surface area contributed by atoms with Gasteiger partial charge in [-0.25, -0.2) is 0 Å². The van der Waals surface area contributed by atoms with Crippen LogP contribution in [0.5, 0.6) is 0 Å². The molecule has 0 bridgehead atoms. The van der Waals surface area contributed by atoms with Crippen LogP contribution in [0.15, 0.2) is 0 Å². The van der Waals surface area contributed by atoms with Crippen LogP contribution < -0.4 is 0 Å². The monoisotopic (exact) mass is 187 g/mol. The summed E-state index contributed by atoms with van der Waals surface area (Å²) >= 11 is 0. The fourth-order valence-electron chi connectivity index (χ4n) is 1.57. The number of hydrogen-bond donors (Lipinski definition) is 0. The summed E-state index contributed by atoms with van der Waals surface area (Å²) in [7, 11) is 0.306. The summed E-state index contributed by atoms with van der Waals surface area (Å²) in [4.78, 5) is 2.42. The van der Waals surface area contributed by atoms with E-state index in [0.717, 1.165) is 19.9 Å². The Bertz CT molecular complexity index is 105. The minimum absolute atomic E-state index is 0.306. The topological polar surface area (TPSA) is 12.5 Å². The second kappa shape index (κ2) is 6.63. The van der Waals surface area contributed by atoms with Crippen molar-refractivity contribution in [3.8, 4) is 0 Å². The lowest BCUT2D eigenvalue weighted by atomic mass is 10.4. The van der Waals surface area contributed by atoms with Crippen LogP contribution in [0, 0.1) is 0 Å². The zero-order valence-corrected chi connectivity index (χ0v) is 9.63. The molecule has 1 fully saturated rings. The Kier molecular flexibility index (Phi) is 5.65. The Balaban J connectivity index is 1.81. The molecule has 0 saturated carbocycles. The first-order valence-corrected chi connectivity index (χ1v) is 7.23. The summed E-state index contributed by atoms with van der Waals surface area (Å²) in [5.41, 5.74) is 0. The highest BCUT2D eigenvalue weighted by Crippen LogP contribution is 2.02. The molecular weight excluding hydrogens is 166 g/mol. The van der Waals surface area contributed by atoms with Crippen LogP contribution in [0.2, 0.25) is 12.1 Å². The zero-order chi connectivity index (χ0) is 8.65. The van der Waals surface area contributed by atoms with Crippen molar-refractivity contribution in [2.24, 2.45) is 0 Å². The lowest BCUT2D eigenvalue weighted by Gasteiger charge is -2.11. The van der Waals surface area contributed by atoms with E-state index >= 15 is 0 Å². The van der Waals surface area contributed by atoms with E-state index in [1.54, 1.807) is 0 Å². The molecule has 1 rings (SSSR count). The van der Waals surface area contributed by atoms with Gasteiger partial charge in [-0.2, -0.15) is 0 Å². The zero-order valence-electron chi connectivity index (χ0n) is 8.22. The summed E-state index contributed by atoms with van der Waals surface area (Å²) < 4.78 is 5.27. The predicted octanol–water partition coefficient (Wildman–Crippen LogP) is 1.08. The number of hydrogen-bond acceptors (Lipinski definition) is 2. The maximum Gasteiger partial charge on any atom is 0.0991 e. The molecule has 1 saturated heterocycles. The molecule has 0 amide bonds. The minimum atomic E-state index is 0.306. The van der Waals surface area contributed by atoms with Gasteiger partial charge in [0.1, 0.15) is 0 Å². The molecule has 0 aromatic rings. The molecule has 0 spiro atoms. The average Bonchev–Trinajstić information content (AvgIpc) is 2.57. The molecule has 1 aliphatic heterocycles. The largest absolute Gasteiger partial charge is 0.365 e. The molecule has 0 aromatic heterocycles. The summed E-state index contributed by atoms with van der Waals surface area (Å²) in [6.45, 7) is 6.56. The lowest BCUT2D eigenvalue weighted by Crippen LogP contribution is -2.21. The average molecular weight is 187 g/mol. The fraction of sp³-hybridized carbons (Fsp3) is 1.00. The molecular formula is C9H21NOSi. The maximum absolute atomic E-state index is 5.27. The van der Waals surface area contributed by atoms with Gasteiger partial charge < -0.3 is 4.74 Å². The van der Waals surface area contributed by atoms with E-state index in [2.05, 4.69) is 11.8 Å². The normalized spacial score (nSPS) is 19.8. The highest BCUT2D eigenvalue weighted by atomic mass is 28.2. The van der Waals surface area contributed by atoms with Crippen LogP contribution in [0.1, 0.15) is 19.8 Å². The molecule has 0 aromatic carbocycles. The summed E-state index contributed by atoms with van der Waals surface area (Å²) in [6.07, 6.45) is 2.81. The number of ether oxygens (including phenoxy) is 1. The van der Waals surface area contributed by atoms with Gasteiger partial charge in [-0.1, -0.05) is 25.4 Å². The van der Waals surface area contributed by atoms with Crippen molar-refractivity contribution in [3.63, 3.8) is 0 Å². The van der Waals surface area contributed by atoms with Gasteiger partial charge >= 0.3 is 0 Å². The van der Waals surface area contributed by atoms with Crippen LogP contribution in [0.3, 0.4) is 0 Å². The summed E-state index contributed by atoms with van der Waals surface area (Å²) in [6, 6.07) is 3.07. The Morgan fingerprint density at radius 3 is 3.00 bits per heavy atom. The molecule has 1 aliphatic rings. The van der Waals surface area contributed by atoms with Crippen LogP contribution in [-0.4, -0.2) is 40.8 Å². The van der Waals surface area contributed by atoms with Gasteiger partial charge in [0.05, 0.1) is 13.3 Å². The van der Waals surface area contributed by atoms with Crippen LogP contribution in [0.4, 0.5) is 0 Å². The quantitative estimate of drug-likeness (QED) is 0.456. The summed E-state index contributed by atoms with van der Waals surface area (Å²) in [5, 5.41) is 0. The Hall–Kier alpha value is 0.137. The van der Waals surface area contributed by atoms with Crippen molar-refractivity contribution in [1.29, 1.82) is 0 Å². The molecule has 72 valence electrons. The van der Waals surface area contributed by atoms with E-state index in [0.29, 0.717) is 9.52 Å². The van der Waals surface area contributed by atoms with E-state index in [4.69, 9.17) is 4.74 Å². The molecule has 0 atom stereocenters. The smallest absolute Gasteiger partial charge is 0.0991 e. The Morgan fingerprint density at radius 2 is 2.33 bits per heavy atom. The first-order chi connectivity index (χ1) is 5.93. The van der Waals surface area contributed by atoms with Crippen molar-refractivity contribution in [2.75, 3.05) is 26.4 Å². The van der Waals surface area contributed by atoms with Crippen LogP contribution in [0.25, 0.3) is 0 Å². The van der Waals surface area contributed by atoms with E-state index < -0.39 is 0 Å². The van der Waals surface area contributed by atoms with Gasteiger partial charge in [0.15, 0.2) is 0 Å². The van der Waals surface area contributed by atoms with E-state index in [-0.39, 0.29) is 0 Å². The fourth-order valence-corrected chi connectivity index (χ4v) is 3.00. The second-order valence-electron chi connectivity index (χ2n) is 3.57. The van der Waals surface area contributed by atoms with Crippen LogP contribution in [-0.2, 0) is 4.74 Å². The molecule has 12 heavy (non-hydrogen) atoms. The SMILES string of the molecule is CCC[SiH2]CCCN1CCOC1. The third-order valence-corrected chi connectivity index (χ3v) is 4.61. The van der Waals surface area contributed by atoms with Crippen molar-refractivity contribution in [3.05, 3.63) is 0 Å². The molecule has 0 radical (unpaired) electrons. The van der Waals surface area contributed by atoms with E-state index in [1.807, 2.05) is 0 Å². The molecule has 2 nitrogen and oxygen atoms in total.